The van der Waals surface area contributed by atoms with Gasteiger partial charge in [0.15, 0.2) is 11.6 Å². The number of methoxy groups -OCH3 is 1. The van der Waals surface area contributed by atoms with E-state index in [0.717, 1.165) is 0 Å². The third kappa shape index (κ3) is 2.74. The molecule has 0 aliphatic rings. The summed E-state index contributed by atoms with van der Waals surface area (Å²) in [4.78, 5) is 22.8. The van der Waals surface area contributed by atoms with Gasteiger partial charge in [0, 0.05) is 0 Å². The van der Waals surface area contributed by atoms with E-state index in [1.807, 2.05) is 0 Å². The maximum atomic E-state index is 13.5. The number of ketones is 1. The molecule has 4 nitrogen and oxygen atoms in total. The van der Waals surface area contributed by atoms with Crippen molar-refractivity contribution in [1.82, 2.24) is 0 Å². The Morgan fingerprint density at radius 3 is 2.59 bits per heavy atom. The lowest BCUT2D eigenvalue weighted by atomic mass is 10.1. The Labute approximate surface area is 102 Å². The fourth-order valence-corrected chi connectivity index (χ4v) is 1.37. The molecular weight excluding hydrogens is 251 g/mol. The number of Topliss-reactive ketones (excluding diaryl/α,β-unsaturated/α-hetero) is 1. The number of rotatable bonds is 4. The summed E-state index contributed by atoms with van der Waals surface area (Å²) in [6.45, 7) is 1.62. The summed E-state index contributed by atoms with van der Waals surface area (Å²) in [6, 6.07) is 2.38. The normalized spacial score (nSPS) is 9.88. The molecule has 0 radical (unpaired) electrons. The zero-order valence-electron chi connectivity index (χ0n) is 9.25. The molecule has 0 saturated heterocycles. The van der Waals surface area contributed by atoms with Gasteiger partial charge in [0.1, 0.15) is 0 Å². The van der Waals surface area contributed by atoms with Crippen LogP contribution >= 0.6 is 11.6 Å². The molecule has 1 aromatic rings. The molecular formula is C11H10ClFO4. The molecule has 0 fully saturated rings. The first-order valence-electron chi connectivity index (χ1n) is 4.76. The summed E-state index contributed by atoms with van der Waals surface area (Å²) < 4.78 is 22.8. The second-order valence-corrected chi connectivity index (χ2v) is 3.40. The van der Waals surface area contributed by atoms with E-state index in [1.165, 1.54) is 19.2 Å². The van der Waals surface area contributed by atoms with Crippen LogP contribution in [0.4, 0.5) is 4.39 Å². The highest BCUT2D eigenvalue weighted by molar-refractivity contribution is 6.41. The number of halogens is 2. The topological polar surface area (TPSA) is 52.6 Å². The van der Waals surface area contributed by atoms with Crippen molar-refractivity contribution in [2.45, 2.75) is 6.92 Å². The van der Waals surface area contributed by atoms with Crippen molar-refractivity contribution in [3.05, 3.63) is 28.5 Å². The Kier molecular flexibility index (Phi) is 4.45. The number of carbonyl (C=O) groups excluding carboxylic acids is 2. The Morgan fingerprint density at radius 1 is 1.41 bits per heavy atom. The molecule has 1 rings (SSSR count). The van der Waals surface area contributed by atoms with Gasteiger partial charge in [-0.25, -0.2) is 9.18 Å². The Bertz CT molecular complexity index is 459. The van der Waals surface area contributed by atoms with E-state index in [4.69, 9.17) is 16.3 Å². The van der Waals surface area contributed by atoms with E-state index in [0.29, 0.717) is 0 Å². The molecule has 1 aromatic carbocycles. The molecule has 17 heavy (non-hydrogen) atoms. The molecule has 0 saturated carbocycles. The van der Waals surface area contributed by atoms with Crippen LogP contribution in [0.5, 0.6) is 5.75 Å². The van der Waals surface area contributed by atoms with E-state index in [-0.39, 0.29) is 22.9 Å². The highest BCUT2D eigenvalue weighted by Gasteiger charge is 2.24. The predicted molar refractivity (Wildman–Crippen MR) is 58.9 cm³/mol. The van der Waals surface area contributed by atoms with Crippen LogP contribution in [0.3, 0.4) is 0 Å². The van der Waals surface area contributed by atoms with Crippen LogP contribution in [0.25, 0.3) is 0 Å². The van der Waals surface area contributed by atoms with Gasteiger partial charge in [-0.05, 0) is 19.1 Å². The van der Waals surface area contributed by atoms with Crippen molar-refractivity contribution in [2.75, 3.05) is 13.7 Å². The fourth-order valence-electron chi connectivity index (χ4n) is 1.22. The van der Waals surface area contributed by atoms with Crippen LogP contribution in [0.1, 0.15) is 17.3 Å². The van der Waals surface area contributed by atoms with Crippen LogP contribution in [0, 0.1) is 5.82 Å². The van der Waals surface area contributed by atoms with Crippen molar-refractivity contribution in [1.29, 1.82) is 0 Å². The molecule has 0 amide bonds. The van der Waals surface area contributed by atoms with Gasteiger partial charge in [0.25, 0.3) is 5.78 Å². The van der Waals surface area contributed by atoms with E-state index < -0.39 is 17.6 Å². The van der Waals surface area contributed by atoms with Crippen LogP contribution < -0.4 is 4.74 Å². The van der Waals surface area contributed by atoms with Crippen molar-refractivity contribution >= 4 is 23.4 Å². The molecule has 0 atom stereocenters. The van der Waals surface area contributed by atoms with E-state index in [1.54, 1.807) is 6.92 Å². The molecule has 6 heteroatoms. The van der Waals surface area contributed by atoms with Gasteiger partial charge in [-0.2, -0.15) is 0 Å². The van der Waals surface area contributed by atoms with Crippen LogP contribution in [-0.4, -0.2) is 25.5 Å². The Balaban J connectivity index is 3.18. The highest BCUT2D eigenvalue weighted by atomic mass is 35.5. The van der Waals surface area contributed by atoms with Crippen LogP contribution in [-0.2, 0) is 9.53 Å². The lowest BCUT2D eigenvalue weighted by Gasteiger charge is -2.08. The summed E-state index contributed by atoms with van der Waals surface area (Å²) in [5.74, 6) is -3.29. The zero-order valence-corrected chi connectivity index (χ0v) is 10.0. The SMILES string of the molecule is CCOC(=O)C(=O)c1ccc(Cl)c(F)c1OC. The number of benzene rings is 1. The number of hydrogen-bond acceptors (Lipinski definition) is 4. The minimum absolute atomic E-state index is 0.0585. The molecule has 0 unspecified atom stereocenters. The first-order chi connectivity index (χ1) is 8.02. The second-order valence-electron chi connectivity index (χ2n) is 2.99. The highest BCUT2D eigenvalue weighted by Crippen LogP contribution is 2.29. The molecule has 0 heterocycles. The molecule has 0 aliphatic carbocycles. The third-order valence-electron chi connectivity index (χ3n) is 1.96. The lowest BCUT2D eigenvalue weighted by Crippen LogP contribution is -2.18. The number of hydrogen-bond donors (Lipinski definition) is 0. The average molecular weight is 261 g/mol. The Hall–Kier alpha value is -1.62. The molecule has 92 valence electrons. The zero-order chi connectivity index (χ0) is 13.0. The van der Waals surface area contributed by atoms with Gasteiger partial charge >= 0.3 is 5.97 Å². The van der Waals surface area contributed by atoms with E-state index in [9.17, 15) is 14.0 Å². The summed E-state index contributed by atoms with van der Waals surface area (Å²) >= 11 is 5.53. The van der Waals surface area contributed by atoms with Crippen molar-refractivity contribution in [2.24, 2.45) is 0 Å². The molecule has 0 N–H and O–H groups in total. The molecule has 0 aromatic heterocycles. The van der Waals surface area contributed by atoms with Crippen molar-refractivity contribution < 1.29 is 23.5 Å². The molecule has 0 spiro atoms. The van der Waals surface area contributed by atoms with Gasteiger partial charge in [0.2, 0.25) is 0 Å². The van der Waals surface area contributed by atoms with Crippen LogP contribution in [0.15, 0.2) is 12.1 Å². The van der Waals surface area contributed by atoms with Gasteiger partial charge in [-0.3, -0.25) is 4.79 Å². The van der Waals surface area contributed by atoms with Gasteiger partial charge in [-0.1, -0.05) is 11.6 Å². The summed E-state index contributed by atoms with van der Waals surface area (Å²) in [5.41, 5.74) is -0.215. The Morgan fingerprint density at radius 2 is 2.06 bits per heavy atom. The average Bonchev–Trinajstić information content (AvgIpc) is 2.31. The fraction of sp³-hybridized carbons (Fsp3) is 0.273. The molecule has 0 bridgehead atoms. The first-order valence-corrected chi connectivity index (χ1v) is 5.14. The van der Waals surface area contributed by atoms with Gasteiger partial charge < -0.3 is 9.47 Å². The summed E-state index contributed by atoms with van der Waals surface area (Å²) in [7, 11) is 1.18. The maximum absolute atomic E-state index is 13.5. The number of esters is 1. The van der Waals surface area contributed by atoms with Gasteiger partial charge in [0.05, 0.1) is 24.3 Å². The number of carbonyl (C=O) groups is 2. The first kappa shape index (κ1) is 13.4. The smallest absolute Gasteiger partial charge is 0.379 e. The maximum Gasteiger partial charge on any atom is 0.379 e. The minimum Gasteiger partial charge on any atom is -0.493 e. The predicted octanol–water partition coefficient (Wildman–Crippen LogP) is 2.23. The second kappa shape index (κ2) is 5.63. The van der Waals surface area contributed by atoms with Crippen LogP contribution in [0.2, 0.25) is 5.02 Å². The van der Waals surface area contributed by atoms with Crippen molar-refractivity contribution in [3.8, 4) is 5.75 Å². The van der Waals surface area contributed by atoms with E-state index >= 15 is 0 Å². The van der Waals surface area contributed by atoms with Crippen molar-refractivity contribution in [3.63, 3.8) is 0 Å². The number of ether oxygens (including phenoxy) is 2. The van der Waals surface area contributed by atoms with Gasteiger partial charge in [-0.15, -0.1) is 0 Å². The van der Waals surface area contributed by atoms with E-state index in [2.05, 4.69) is 4.74 Å². The third-order valence-corrected chi connectivity index (χ3v) is 2.25. The standard InChI is InChI=1S/C11H10ClFO4/c1-3-17-11(15)9(14)6-4-5-7(12)8(13)10(6)16-2/h4-5H,3H2,1-2H3. The summed E-state index contributed by atoms with van der Waals surface area (Å²) in [5, 5.41) is -0.192. The summed E-state index contributed by atoms with van der Waals surface area (Å²) in [6.07, 6.45) is 0. The quantitative estimate of drug-likeness (QED) is 0.473. The monoisotopic (exact) mass is 260 g/mol. The lowest BCUT2D eigenvalue weighted by molar-refractivity contribution is -0.137. The minimum atomic E-state index is -1.06. The molecule has 0 aliphatic heterocycles. The largest absolute Gasteiger partial charge is 0.493 e.